The molecule has 21 heavy (non-hydrogen) atoms. The van der Waals surface area contributed by atoms with E-state index in [-0.39, 0.29) is 11.5 Å². The van der Waals surface area contributed by atoms with Crippen LogP contribution >= 0.6 is 0 Å². The van der Waals surface area contributed by atoms with Gasteiger partial charge < -0.3 is 5.32 Å². The largest absolute Gasteiger partial charge is 0.384 e. The maximum Gasteiger partial charge on any atom is 0.240 e. The smallest absolute Gasteiger partial charge is 0.240 e. The second kappa shape index (κ2) is 5.97. The van der Waals surface area contributed by atoms with Crippen molar-refractivity contribution in [1.82, 2.24) is 4.72 Å². The first-order chi connectivity index (χ1) is 9.71. The lowest BCUT2D eigenvalue weighted by Crippen LogP contribution is -2.28. The van der Waals surface area contributed by atoms with Crippen LogP contribution < -0.4 is 10.0 Å². The quantitative estimate of drug-likeness (QED) is 0.813. The first kappa shape index (κ1) is 16.3. The van der Waals surface area contributed by atoms with Crippen molar-refractivity contribution >= 4 is 15.7 Å². The highest BCUT2D eigenvalue weighted by Gasteiger charge is 2.28. The van der Waals surface area contributed by atoms with Crippen molar-refractivity contribution in [2.24, 2.45) is 11.3 Å². The highest BCUT2D eigenvalue weighted by molar-refractivity contribution is 7.89. The van der Waals surface area contributed by atoms with Gasteiger partial charge in [-0.1, -0.05) is 27.7 Å². The molecule has 1 aromatic rings. The fourth-order valence-electron chi connectivity index (χ4n) is 1.77. The Morgan fingerprint density at radius 3 is 2.24 bits per heavy atom. The van der Waals surface area contributed by atoms with Gasteiger partial charge in [-0.3, -0.25) is 0 Å². The van der Waals surface area contributed by atoms with E-state index in [0.29, 0.717) is 10.8 Å². The summed E-state index contributed by atoms with van der Waals surface area (Å²) in [4.78, 5) is 0.336. The van der Waals surface area contributed by atoms with Crippen LogP contribution in [0.4, 0.5) is 5.69 Å². The second-order valence-corrected chi connectivity index (χ2v) is 8.63. The van der Waals surface area contributed by atoms with Crippen molar-refractivity contribution in [3.63, 3.8) is 0 Å². The van der Waals surface area contributed by atoms with Crippen LogP contribution in [0.2, 0.25) is 0 Å². The normalized spacial score (nSPS) is 16.2. The molecule has 1 aliphatic carbocycles. The number of hydrogen-bond acceptors (Lipinski definition) is 3. The Morgan fingerprint density at radius 1 is 1.19 bits per heavy atom. The molecule has 0 saturated heterocycles. The average Bonchev–Trinajstić information content (AvgIpc) is 3.20. The van der Waals surface area contributed by atoms with Crippen LogP contribution in [-0.4, -0.2) is 21.0 Å². The summed E-state index contributed by atoms with van der Waals surface area (Å²) < 4.78 is 26.8. The lowest BCUT2D eigenvalue weighted by molar-refractivity contribution is 0.269. The van der Waals surface area contributed by atoms with Crippen molar-refractivity contribution in [2.75, 3.05) is 11.9 Å². The molecule has 0 amide bonds. The first-order valence-corrected chi connectivity index (χ1v) is 9.05. The van der Waals surface area contributed by atoms with Gasteiger partial charge in [-0.2, -0.15) is 0 Å². The molecule has 0 radical (unpaired) electrons. The van der Waals surface area contributed by atoms with Crippen molar-refractivity contribution < 1.29 is 8.42 Å². The van der Waals surface area contributed by atoms with Gasteiger partial charge in [0.2, 0.25) is 10.0 Å². The third kappa shape index (κ3) is 4.45. The Bertz CT molecular complexity index is 573. The number of rotatable bonds is 7. The zero-order valence-electron chi connectivity index (χ0n) is 13.3. The van der Waals surface area contributed by atoms with Crippen LogP contribution in [0.25, 0.3) is 0 Å². The van der Waals surface area contributed by atoms with E-state index < -0.39 is 10.0 Å². The van der Waals surface area contributed by atoms with Crippen LogP contribution in [0.5, 0.6) is 0 Å². The molecule has 1 aromatic carbocycles. The molecule has 0 spiro atoms. The molecule has 1 saturated carbocycles. The molecular weight excluding hydrogens is 284 g/mol. The molecule has 2 N–H and O–H groups in total. The summed E-state index contributed by atoms with van der Waals surface area (Å²) >= 11 is 0. The molecule has 0 aliphatic heterocycles. The number of benzene rings is 1. The average molecular weight is 310 g/mol. The van der Waals surface area contributed by atoms with Crippen molar-refractivity contribution in [1.29, 1.82) is 0 Å². The minimum absolute atomic E-state index is 0.139. The number of sulfonamides is 1. The molecule has 0 aromatic heterocycles. The predicted octanol–water partition coefficient (Wildman–Crippen LogP) is 3.22. The number of nitrogens with one attached hydrogen (secondary N) is 2. The van der Waals surface area contributed by atoms with Crippen LogP contribution in [0.1, 0.15) is 40.5 Å². The van der Waals surface area contributed by atoms with E-state index in [4.69, 9.17) is 0 Å². The van der Waals surface area contributed by atoms with Gasteiger partial charge in [0, 0.05) is 18.3 Å². The molecule has 1 fully saturated rings. The zero-order chi connectivity index (χ0) is 15.7. The molecule has 4 nitrogen and oxygen atoms in total. The predicted molar refractivity (Wildman–Crippen MR) is 86.9 cm³/mol. The Labute approximate surface area is 128 Å². The van der Waals surface area contributed by atoms with E-state index >= 15 is 0 Å². The van der Waals surface area contributed by atoms with Crippen molar-refractivity contribution in [3.8, 4) is 0 Å². The molecule has 118 valence electrons. The van der Waals surface area contributed by atoms with E-state index in [1.807, 2.05) is 12.1 Å². The second-order valence-electron chi connectivity index (χ2n) is 6.92. The molecule has 0 atom stereocenters. The van der Waals surface area contributed by atoms with Crippen molar-refractivity contribution in [2.45, 2.75) is 51.5 Å². The lowest BCUT2D eigenvalue weighted by Gasteiger charge is -2.29. The van der Waals surface area contributed by atoms with Gasteiger partial charge in [0.05, 0.1) is 4.90 Å². The summed E-state index contributed by atoms with van der Waals surface area (Å²) in [5.74, 6) is 0.576. The molecular formula is C16H26N2O2S. The number of anilines is 1. The minimum Gasteiger partial charge on any atom is -0.384 e. The van der Waals surface area contributed by atoms with E-state index in [1.165, 1.54) is 0 Å². The Kier molecular flexibility index (Phi) is 4.63. The van der Waals surface area contributed by atoms with E-state index in [9.17, 15) is 8.42 Å². The van der Waals surface area contributed by atoms with Crippen LogP contribution in [-0.2, 0) is 10.0 Å². The monoisotopic (exact) mass is 310 g/mol. The van der Waals surface area contributed by atoms with Crippen LogP contribution in [0.15, 0.2) is 29.2 Å². The topological polar surface area (TPSA) is 58.2 Å². The maximum atomic E-state index is 12.1. The molecule has 0 bridgehead atoms. The van der Waals surface area contributed by atoms with Gasteiger partial charge in [0.1, 0.15) is 0 Å². The van der Waals surface area contributed by atoms with Gasteiger partial charge in [-0.15, -0.1) is 0 Å². The summed E-state index contributed by atoms with van der Waals surface area (Å²) in [5, 5.41) is 3.38. The summed E-state index contributed by atoms with van der Waals surface area (Å²) in [6.45, 7) is 9.73. The first-order valence-electron chi connectivity index (χ1n) is 7.57. The van der Waals surface area contributed by atoms with Gasteiger partial charge in [-0.25, -0.2) is 13.1 Å². The third-order valence-corrected chi connectivity index (χ3v) is 5.91. The van der Waals surface area contributed by atoms with E-state index in [2.05, 4.69) is 37.7 Å². The molecule has 5 heteroatoms. The van der Waals surface area contributed by atoms with Crippen LogP contribution in [0.3, 0.4) is 0 Å². The number of hydrogen-bond donors (Lipinski definition) is 2. The lowest BCUT2D eigenvalue weighted by atomic mass is 9.81. The summed E-state index contributed by atoms with van der Waals surface area (Å²) in [5.41, 5.74) is 1.15. The zero-order valence-corrected chi connectivity index (χ0v) is 14.1. The highest BCUT2D eigenvalue weighted by Crippen LogP contribution is 2.27. The molecule has 0 heterocycles. The third-order valence-electron chi connectivity index (χ3n) is 4.37. The highest BCUT2D eigenvalue weighted by atomic mass is 32.2. The fourth-order valence-corrected chi connectivity index (χ4v) is 3.08. The van der Waals surface area contributed by atoms with Crippen LogP contribution in [0, 0.1) is 11.3 Å². The molecule has 0 unspecified atom stereocenters. The Morgan fingerprint density at radius 2 is 1.76 bits per heavy atom. The Hall–Kier alpha value is -1.07. The van der Waals surface area contributed by atoms with Gasteiger partial charge in [0.25, 0.3) is 0 Å². The van der Waals surface area contributed by atoms with Gasteiger partial charge in [0.15, 0.2) is 0 Å². The van der Waals surface area contributed by atoms with E-state index in [0.717, 1.165) is 25.1 Å². The van der Waals surface area contributed by atoms with E-state index in [1.54, 1.807) is 12.1 Å². The maximum absolute atomic E-state index is 12.1. The minimum atomic E-state index is -3.35. The van der Waals surface area contributed by atoms with Gasteiger partial charge >= 0.3 is 0 Å². The summed E-state index contributed by atoms with van der Waals surface area (Å²) in [6.07, 6.45) is 1.90. The summed E-state index contributed by atoms with van der Waals surface area (Å²) in [7, 11) is -3.35. The molecule has 1 aliphatic rings. The SMILES string of the molecule is CC(C)C(C)(C)CNc1ccc(S(=O)(=O)NC2CC2)cc1. The Balaban J connectivity index is 1.99. The van der Waals surface area contributed by atoms with Crippen molar-refractivity contribution in [3.05, 3.63) is 24.3 Å². The standard InChI is InChI=1S/C16H26N2O2S/c1-12(2)16(3,4)11-17-13-7-9-15(10-8-13)21(19,20)18-14-5-6-14/h7-10,12,14,17-18H,5-6,11H2,1-4H3. The molecule has 2 rings (SSSR count). The van der Waals surface area contributed by atoms with Gasteiger partial charge in [-0.05, 0) is 48.4 Å². The summed E-state index contributed by atoms with van der Waals surface area (Å²) in [6, 6.07) is 7.13. The fraction of sp³-hybridized carbons (Fsp3) is 0.625.